The lowest BCUT2D eigenvalue weighted by Crippen LogP contribution is -2.31. The van der Waals surface area contributed by atoms with E-state index in [1.54, 1.807) is 0 Å². The third-order valence-electron chi connectivity index (χ3n) is 3.36. The normalized spacial score (nSPS) is 29.5. The molecule has 0 unspecified atom stereocenters. The van der Waals surface area contributed by atoms with E-state index >= 15 is 0 Å². The minimum Gasteiger partial charge on any atom is -0.314 e. The van der Waals surface area contributed by atoms with Gasteiger partial charge in [0.2, 0.25) is 0 Å². The average Bonchev–Trinajstić information content (AvgIpc) is 2.15. The second kappa shape index (κ2) is 5.64. The van der Waals surface area contributed by atoms with Crippen LogP contribution in [0.2, 0.25) is 0 Å². The molecule has 1 fully saturated rings. The van der Waals surface area contributed by atoms with E-state index in [9.17, 15) is 0 Å². The van der Waals surface area contributed by atoms with E-state index in [1.807, 2.05) is 0 Å². The van der Waals surface area contributed by atoms with Crippen molar-refractivity contribution < 1.29 is 0 Å². The molecule has 0 spiro atoms. The van der Waals surface area contributed by atoms with Crippen molar-refractivity contribution in [1.29, 1.82) is 0 Å². The van der Waals surface area contributed by atoms with Crippen molar-refractivity contribution in [2.24, 2.45) is 11.8 Å². The van der Waals surface area contributed by atoms with Gasteiger partial charge in [0, 0.05) is 6.04 Å². The van der Waals surface area contributed by atoms with Gasteiger partial charge in [-0.25, -0.2) is 0 Å². The zero-order chi connectivity index (χ0) is 9.68. The Morgan fingerprint density at radius 2 is 1.62 bits per heavy atom. The van der Waals surface area contributed by atoms with Crippen molar-refractivity contribution in [2.45, 2.75) is 58.9 Å². The Morgan fingerprint density at radius 3 is 2.08 bits per heavy atom. The van der Waals surface area contributed by atoms with Crippen molar-refractivity contribution in [3.05, 3.63) is 0 Å². The van der Waals surface area contributed by atoms with E-state index in [0.717, 1.165) is 11.8 Å². The number of nitrogens with one attached hydrogen (secondary N) is 1. The van der Waals surface area contributed by atoms with Gasteiger partial charge in [0.05, 0.1) is 0 Å². The highest BCUT2D eigenvalue weighted by atomic mass is 14.9. The quantitative estimate of drug-likeness (QED) is 0.706. The van der Waals surface area contributed by atoms with Crippen LogP contribution in [0.15, 0.2) is 0 Å². The monoisotopic (exact) mass is 183 g/mol. The molecule has 1 N–H and O–H groups in total. The first kappa shape index (κ1) is 11.0. The molecule has 1 heteroatoms. The third-order valence-corrected chi connectivity index (χ3v) is 3.36. The fourth-order valence-corrected chi connectivity index (χ4v) is 2.25. The van der Waals surface area contributed by atoms with Crippen molar-refractivity contribution in [3.8, 4) is 0 Å². The topological polar surface area (TPSA) is 12.0 Å². The summed E-state index contributed by atoms with van der Waals surface area (Å²) < 4.78 is 0. The molecule has 0 aromatic heterocycles. The van der Waals surface area contributed by atoms with Crippen molar-refractivity contribution >= 4 is 0 Å². The van der Waals surface area contributed by atoms with E-state index in [4.69, 9.17) is 0 Å². The number of hydrogen-bond donors (Lipinski definition) is 1. The van der Waals surface area contributed by atoms with Gasteiger partial charge in [0.1, 0.15) is 0 Å². The Kier molecular flexibility index (Phi) is 4.79. The zero-order valence-electron chi connectivity index (χ0n) is 9.47. The van der Waals surface area contributed by atoms with Gasteiger partial charge in [0.25, 0.3) is 0 Å². The third kappa shape index (κ3) is 4.12. The lowest BCUT2D eigenvalue weighted by Gasteiger charge is -2.28. The van der Waals surface area contributed by atoms with Crippen LogP contribution in [-0.2, 0) is 0 Å². The largest absolute Gasteiger partial charge is 0.314 e. The van der Waals surface area contributed by atoms with Crippen LogP contribution in [0.25, 0.3) is 0 Å². The zero-order valence-corrected chi connectivity index (χ0v) is 9.47. The van der Waals surface area contributed by atoms with Gasteiger partial charge in [-0.05, 0) is 31.2 Å². The minimum atomic E-state index is 0.656. The van der Waals surface area contributed by atoms with Crippen LogP contribution in [0.4, 0.5) is 0 Å². The van der Waals surface area contributed by atoms with Crippen LogP contribution in [0.1, 0.15) is 52.9 Å². The van der Waals surface area contributed by atoms with E-state index in [1.165, 1.54) is 38.6 Å². The molecular formula is C12H25N. The summed E-state index contributed by atoms with van der Waals surface area (Å²) in [7, 11) is 0. The van der Waals surface area contributed by atoms with E-state index in [-0.39, 0.29) is 0 Å². The predicted molar refractivity (Wildman–Crippen MR) is 58.9 cm³/mol. The van der Waals surface area contributed by atoms with Gasteiger partial charge in [-0.15, -0.1) is 0 Å². The van der Waals surface area contributed by atoms with E-state index in [2.05, 4.69) is 26.1 Å². The molecule has 0 saturated heterocycles. The van der Waals surface area contributed by atoms with Crippen LogP contribution >= 0.6 is 0 Å². The molecule has 1 aliphatic rings. The summed E-state index contributed by atoms with van der Waals surface area (Å²) in [4.78, 5) is 0. The highest BCUT2D eigenvalue weighted by Crippen LogP contribution is 2.30. The fraction of sp³-hybridized carbons (Fsp3) is 1.00. The molecule has 1 rings (SSSR count). The number of hydrogen-bond acceptors (Lipinski definition) is 1. The Morgan fingerprint density at radius 1 is 1.08 bits per heavy atom. The standard InChI is InChI=1S/C12H25N/c1-4-11-5-7-12(8-6-11)9-13-10(2)3/h10-13H,4-9H2,1-3H3. The first-order chi connectivity index (χ1) is 6.22. The molecular weight excluding hydrogens is 158 g/mol. The van der Waals surface area contributed by atoms with Gasteiger partial charge in [-0.1, -0.05) is 40.0 Å². The van der Waals surface area contributed by atoms with Crippen molar-refractivity contribution in [2.75, 3.05) is 6.54 Å². The Labute approximate surface area is 83.3 Å². The maximum absolute atomic E-state index is 3.55. The molecule has 1 nitrogen and oxygen atoms in total. The van der Waals surface area contributed by atoms with Crippen LogP contribution in [-0.4, -0.2) is 12.6 Å². The summed E-state index contributed by atoms with van der Waals surface area (Å²) in [5.74, 6) is 2.00. The average molecular weight is 183 g/mol. The summed E-state index contributed by atoms with van der Waals surface area (Å²) in [6.45, 7) is 8.04. The van der Waals surface area contributed by atoms with Gasteiger partial charge in [-0.3, -0.25) is 0 Å². The highest BCUT2D eigenvalue weighted by molar-refractivity contribution is 4.73. The molecule has 0 radical (unpaired) electrons. The van der Waals surface area contributed by atoms with Crippen molar-refractivity contribution in [3.63, 3.8) is 0 Å². The highest BCUT2D eigenvalue weighted by Gasteiger charge is 2.19. The smallest absolute Gasteiger partial charge is 0.00104 e. The van der Waals surface area contributed by atoms with Crippen LogP contribution in [0.3, 0.4) is 0 Å². The molecule has 1 saturated carbocycles. The fourth-order valence-electron chi connectivity index (χ4n) is 2.25. The molecule has 1 aliphatic carbocycles. The minimum absolute atomic E-state index is 0.656. The molecule has 0 atom stereocenters. The summed E-state index contributed by atoms with van der Waals surface area (Å²) in [6.07, 6.45) is 7.25. The molecule has 0 aromatic carbocycles. The van der Waals surface area contributed by atoms with Gasteiger partial charge in [-0.2, -0.15) is 0 Å². The van der Waals surface area contributed by atoms with Gasteiger partial charge < -0.3 is 5.32 Å². The van der Waals surface area contributed by atoms with Crippen molar-refractivity contribution in [1.82, 2.24) is 5.32 Å². The van der Waals surface area contributed by atoms with E-state index in [0.29, 0.717) is 6.04 Å². The Bertz CT molecular complexity index is 123. The molecule has 78 valence electrons. The SMILES string of the molecule is CCC1CCC(CNC(C)C)CC1. The number of rotatable bonds is 4. The van der Waals surface area contributed by atoms with Gasteiger partial charge in [0.15, 0.2) is 0 Å². The summed E-state index contributed by atoms with van der Waals surface area (Å²) in [5, 5.41) is 3.55. The first-order valence-electron chi connectivity index (χ1n) is 5.95. The first-order valence-corrected chi connectivity index (χ1v) is 5.95. The van der Waals surface area contributed by atoms with Crippen LogP contribution in [0, 0.1) is 11.8 Å². The molecule has 0 bridgehead atoms. The van der Waals surface area contributed by atoms with Gasteiger partial charge >= 0.3 is 0 Å². The predicted octanol–water partition coefficient (Wildman–Crippen LogP) is 3.20. The summed E-state index contributed by atoms with van der Waals surface area (Å²) >= 11 is 0. The molecule has 13 heavy (non-hydrogen) atoms. The summed E-state index contributed by atoms with van der Waals surface area (Å²) in [6, 6.07) is 0.656. The molecule has 0 heterocycles. The van der Waals surface area contributed by atoms with E-state index < -0.39 is 0 Å². The van der Waals surface area contributed by atoms with Crippen LogP contribution in [0.5, 0.6) is 0 Å². The lowest BCUT2D eigenvalue weighted by atomic mass is 9.81. The maximum atomic E-state index is 3.55. The van der Waals surface area contributed by atoms with Crippen LogP contribution < -0.4 is 5.32 Å². The Hall–Kier alpha value is -0.0400. The second-order valence-corrected chi connectivity index (χ2v) is 4.86. The molecule has 0 aliphatic heterocycles. The summed E-state index contributed by atoms with van der Waals surface area (Å²) in [5.41, 5.74) is 0. The molecule has 0 aromatic rings. The second-order valence-electron chi connectivity index (χ2n) is 4.86. The molecule has 0 amide bonds. The lowest BCUT2D eigenvalue weighted by molar-refractivity contribution is 0.259. The Balaban J connectivity index is 2.10. The maximum Gasteiger partial charge on any atom is 0.00104 e.